The summed E-state index contributed by atoms with van der Waals surface area (Å²) in [6.45, 7) is 3.74. The number of amides is 2. The first kappa shape index (κ1) is 11.5. The van der Waals surface area contributed by atoms with Gasteiger partial charge in [0.05, 0.1) is 25.0 Å². The minimum absolute atomic E-state index is 0.219. The predicted octanol–water partition coefficient (Wildman–Crippen LogP) is 0.671. The van der Waals surface area contributed by atoms with Gasteiger partial charge in [0.1, 0.15) is 0 Å². The standard InChI is InChI=1S/C9H16N4O2/c1-3-10-9(14)12-8-6-11-13(7-8)4-5-15-2/h6-7H,3-5H2,1-2H3,(H2,10,12,14). The van der Waals surface area contributed by atoms with Crippen LogP contribution < -0.4 is 10.6 Å². The summed E-state index contributed by atoms with van der Waals surface area (Å²) in [7, 11) is 1.64. The number of carbonyl (C=O) groups excluding carboxylic acids is 1. The Bertz CT molecular complexity index is 311. The van der Waals surface area contributed by atoms with Gasteiger partial charge in [0.15, 0.2) is 0 Å². The highest BCUT2D eigenvalue weighted by atomic mass is 16.5. The van der Waals surface area contributed by atoms with Crippen LogP contribution in [0.2, 0.25) is 0 Å². The average molecular weight is 212 g/mol. The molecule has 1 aromatic rings. The predicted molar refractivity (Wildman–Crippen MR) is 56.8 cm³/mol. The van der Waals surface area contributed by atoms with Crippen molar-refractivity contribution >= 4 is 11.7 Å². The normalized spacial score (nSPS) is 10.0. The van der Waals surface area contributed by atoms with Crippen molar-refractivity contribution in [2.75, 3.05) is 25.6 Å². The summed E-state index contributed by atoms with van der Waals surface area (Å²) in [5.74, 6) is 0. The highest BCUT2D eigenvalue weighted by Crippen LogP contribution is 2.03. The molecule has 0 unspecified atom stereocenters. The van der Waals surface area contributed by atoms with Crippen molar-refractivity contribution in [3.63, 3.8) is 0 Å². The molecule has 0 saturated heterocycles. The summed E-state index contributed by atoms with van der Waals surface area (Å²) in [6, 6.07) is -0.219. The first-order chi connectivity index (χ1) is 7.26. The summed E-state index contributed by atoms with van der Waals surface area (Å²) in [4.78, 5) is 11.2. The second kappa shape index (κ2) is 6.02. The Morgan fingerprint density at radius 3 is 3.13 bits per heavy atom. The Hall–Kier alpha value is -1.56. The first-order valence-corrected chi connectivity index (χ1v) is 4.82. The summed E-state index contributed by atoms with van der Waals surface area (Å²) in [5.41, 5.74) is 0.678. The maximum absolute atomic E-state index is 11.2. The minimum Gasteiger partial charge on any atom is -0.383 e. The number of methoxy groups -OCH3 is 1. The molecule has 0 fully saturated rings. The molecule has 84 valence electrons. The first-order valence-electron chi connectivity index (χ1n) is 4.82. The number of urea groups is 1. The van der Waals surface area contributed by atoms with Crippen molar-refractivity contribution < 1.29 is 9.53 Å². The zero-order valence-electron chi connectivity index (χ0n) is 8.99. The smallest absolute Gasteiger partial charge is 0.319 e. The minimum atomic E-state index is -0.219. The number of nitrogens with zero attached hydrogens (tertiary/aromatic N) is 2. The molecule has 0 aliphatic heterocycles. The highest BCUT2D eigenvalue weighted by Gasteiger charge is 2.02. The van der Waals surface area contributed by atoms with E-state index in [1.54, 1.807) is 24.2 Å². The number of nitrogens with one attached hydrogen (secondary N) is 2. The van der Waals surface area contributed by atoms with Crippen LogP contribution in [0.25, 0.3) is 0 Å². The van der Waals surface area contributed by atoms with Crippen LogP contribution in [0.3, 0.4) is 0 Å². The lowest BCUT2D eigenvalue weighted by molar-refractivity contribution is 0.183. The summed E-state index contributed by atoms with van der Waals surface area (Å²) < 4.78 is 6.63. The quantitative estimate of drug-likeness (QED) is 0.753. The van der Waals surface area contributed by atoms with Gasteiger partial charge in [-0.2, -0.15) is 5.10 Å². The number of ether oxygens (including phenoxy) is 1. The molecule has 15 heavy (non-hydrogen) atoms. The zero-order chi connectivity index (χ0) is 11.1. The molecular formula is C9H16N4O2. The fourth-order valence-electron chi connectivity index (χ4n) is 1.07. The molecule has 0 aliphatic rings. The second-order valence-corrected chi connectivity index (χ2v) is 2.97. The summed E-state index contributed by atoms with van der Waals surface area (Å²) in [5, 5.41) is 9.36. The van der Waals surface area contributed by atoms with Crippen LogP contribution in [-0.4, -0.2) is 36.1 Å². The van der Waals surface area contributed by atoms with E-state index >= 15 is 0 Å². The van der Waals surface area contributed by atoms with Crippen LogP contribution in [0.15, 0.2) is 12.4 Å². The Labute approximate surface area is 88.6 Å². The van der Waals surface area contributed by atoms with E-state index in [1.807, 2.05) is 6.92 Å². The number of hydrogen-bond donors (Lipinski definition) is 2. The van der Waals surface area contributed by atoms with E-state index in [0.717, 1.165) is 0 Å². The lowest BCUT2D eigenvalue weighted by Gasteiger charge is -2.02. The zero-order valence-corrected chi connectivity index (χ0v) is 8.99. The molecule has 2 N–H and O–H groups in total. The molecule has 0 radical (unpaired) electrons. The van der Waals surface area contributed by atoms with Gasteiger partial charge in [0, 0.05) is 19.9 Å². The van der Waals surface area contributed by atoms with Crippen molar-refractivity contribution in [2.45, 2.75) is 13.5 Å². The lowest BCUT2D eigenvalue weighted by Crippen LogP contribution is -2.27. The van der Waals surface area contributed by atoms with Gasteiger partial charge in [-0.1, -0.05) is 0 Å². The van der Waals surface area contributed by atoms with E-state index < -0.39 is 0 Å². The van der Waals surface area contributed by atoms with Crippen LogP contribution >= 0.6 is 0 Å². The van der Waals surface area contributed by atoms with Crippen LogP contribution in [0.5, 0.6) is 0 Å². The molecule has 1 rings (SSSR count). The van der Waals surface area contributed by atoms with Gasteiger partial charge in [-0.3, -0.25) is 4.68 Å². The van der Waals surface area contributed by atoms with Gasteiger partial charge in [-0.25, -0.2) is 4.79 Å². The lowest BCUT2D eigenvalue weighted by atomic mass is 10.5. The van der Waals surface area contributed by atoms with E-state index in [4.69, 9.17) is 4.74 Å². The van der Waals surface area contributed by atoms with Gasteiger partial charge in [0.2, 0.25) is 0 Å². The number of aromatic nitrogens is 2. The SMILES string of the molecule is CCNC(=O)Nc1cnn(CCOC)c1. The third kappa shape index (κ3) is 3.99. The average Bonchev–Trinajstić information content (AvgIpc) is 2.63. The largest absolute Gasteiger partial charge is 0.383 e. The van der Waals surface area contributed by atoms with E-state index in [0.29, 0.717) is 25.4 Å². The molecule has 1 aromatic heterocycles. The number of carbonyl (C=O) groups is 1. The van der Waals surface area contributed by atoms with Crippen LogP contribution in [0.1, 0.15) is 6.92 Å². The molecule has 1 heterocycles. The fourth-order valence-corrected chi connectivity index (χ4v) is 1.07. The molecule has 0 saturated carbocycles. The van der Waals surface area contributed by atoms with Crippen LogP contribution in [-0.2, 0) is 11.3 Å². The number of anilines is 1. The maximum Gasteiger partial charge on any atom is 0.319 e. The molecule has 2 amide bonds. The Balaban J connectivity index is 2.42. The summed E-state index contributed by atoms with van der Waals surface area (Å²) in [6.07, 6.45) is 3.36. The van der Waals surface area contributed by atoms with Gasteiger partial charge in [-0.15, -0.1) is 0 Å². The van der Waals surface area contributed by atoms with Crippen LogP contribution in [0, 0.1) is 0 Å². The van der Waals surface area contributed by atoms with Gasteiger partial charge < -0.3 is 15.4 Å². The van der Waals surface area contributed by atoms with Crippen molar-refractivity contribution in [3.8, 4) is 0 Å². The Kier molecular flexibility index (Phi) is 4.62. The van der Waals surface area contributed by atoms with Crippen molar-refractivity contribution in [1.29, 1.82) is 0 Å². The Morgan fingerprint density at radius 1 is 1.67 bits per heavy atom. The van der Waals surface area contributed by atoms with Crippen molar-refractivity contribution in [2.24, 2.45) is 0 Å². The van der Waals surface area contributed by atoms with Gasteiger partial charge >= 0.3 is 6.03 Å². The fraction of sp³-hybridized carbons (Fsp3) is 0.556. The molecule has 0 aromatic carbocycles. The maximum atomic E-state index is 11.2. The van der Waals surface area contributed by atoms with E-state index in [1.165, 1.54) is 0 Å². The number of hydrogen-bond acceptors (Lipinski definition) is 3. The molecule has 6 heteroatoms. The van der Waals surface area contributed by atoms with Crippen LogP contribution in [0.4, 0.5) is 10.5 Å². The second-order valence-electron chi connectivity index (χ2n) is 2.97. The number of rotatable bonds is 5. The molecule has 0 atom stereocenters. The molecular weight excluding hydrogens is 196 g/mol. The topological polar surface area (TPSA) is 68.2 Å². The highest BCUT2D eigenvalue weighted by molar-refractivity contribution is 5.88. The van der Waals surface area contributed by atoms with Gasteiger partial charge in [-0.05, 0) is 6.92 Å². The Morgan fingerprint density at radius 2 is 2.47 bits per heavy atom. The summed E-state index contributed by atoms with van der Waals surface area (Å²) >= 11 is 0. The molecule has 0 spiro atoms. The van der Waals surface area contributed by atoms with Gasteiger partial charge in [0.25, 0.3) is 0 Å². The van der Waals surface area contributed by atoms with E-state index in [2.05, 4.69) is 15.7 Å². The van der Waals surface area contributed by atoms with Crippen molar-refractivity contribution in [3.05, 3.63) is 12.4 Å². The molecule has 0 bridgehead atoms. The third-order valence-corrected chi connectivity index (χ3v) is 1.75. The molecule has 0 aliphatic carbocycles. The monoisotopic (exact) mass is 212 g/mol. The molecule has 6 nitrogen and oxygen atoms in total. The third-order valence-electron chi connectivity index (χ3n) is 1.75. The van der Waals surface area contributed by atoms with E-state index in [-0.39, 0.29) is 6.03 Å². The van der Waals surface area contributed by atoms with E-state index in [9.17, 15) is 4.79 Å². The van der Waals surface area contributed by atoms with Crippen molar-refractivity contribution in [1.82, 2.24) is 15.1 Å².